The highest BCUT2D eigenvalue weighted by molar-refractivity contribution is 5.32. The topological polar surface area (TPSA) is 35.2 Å². The summed E-state index contributed by atoms with van der Waals surface area (Å²) in [5, 5.41) is 0. The summed E-state index contributed by atoms with van der Waals surface area (Å²) in [6.45, 7) is 7.26. The van der Waals surface area contributed by atoms with Crippen LogP contribution in [0.5, 0.6) is 5.75 Å². The van der Waals surface area contributed by atoms with E-state index in [1.165, 1.54) is 12.0 Å². The quantitative estimate of drug-likeness (QED) is 0.844. The van der Waals surface area contributed by atoms with Crippen LogP contribution < -0.4 is 10.5 Å². The Balaban J connectivity index is 2.11. The second-order valence-corrected chi connectivity index (χ2v) is 5.33. The van der Waals surface area contributed by atoms with Gasteiger partial charge in [0.05, 0.1) is 6.61 Å². The van der Waals surface area contributed by atoms with E-state index in [1.54, 1.807) is 0 Å². The minimum absolute atomic E-state index is 0.149. The van der Waals surface area contributed by atoms with E-state index in [9.17, 15) is 0 Å². The Morgan fingerprint density at radius 2 is 2.19 bits per heavy atom. The molecule has 0 aromatic heterocycles. The molecule has 88 valence electrons. The van der Waals surface area contributed by atoms with Crippen LogP contribution in [0, 0.1) is 11.3 Å². The Bertz CT molecular complexity index is 373. The summed E-state index contributed by atoms with van der Waals surface area (Å²) in [6, 6.07) is 8.33. The molecule has 1 aromatic carbocycles. The largest absolute Gasteiger partial charge is 0.494 e. The average molecular weight is 219 g/mol. The molecule has 1 saturated carbocycles. The molecule has 1 aromatic rings. The van der Waals surface area contributed by atoms with Crippen molar-refractivity contribution < 1.29 is 4.74 Å². The molecule has 0 spiro atoms. The van der Waals surface area contributed by atoms with E-state index < -0.39 is 0 Å². The number of nitrogens with two attached hydrogens (primary N) is 1. The maximum atomic E-state index is 6.29. The SMILES string of the molecule is CCOc1cccc(C(N)C2CC2(C)C)c1. The minimum Gasteiger partial charge on any atom is -0.494 e. The van der Waals surface area contributed by atoms with Gasteiger partial charge in [0.1, 0.15) is 5.75 Å². The molecule has 2 atom stereocenters. The van der Waals surface area contributed by atoms with Crippen LogP contribution in [-0.4, -0.2) is 6.61 Å². The summed E-state index contributed by atoms with van der Waals surface area (Å²) in [5.74, 6) is 1.54. The Kier molecular flexibility index (Phi) is 2.94. The first kappa shape index (κ1) is 11.5. The van der Waals surface area contributed by atoms with E-state index in [4.69, 9.17) is 10.5 Å². The summed E-state index contributed by atoms with van der Waals surface area (Å²) in [5.41, 5.74) is 7.90. The number of rotatable bonds is 4. The van der Waals surface area contributed by atoms with Crippen LogP contribution in [0.15, 0.2) is 24.3 Å². The van der Waals surface area contributed by atoms with Gasteiger partial charge in [-0.05, 0) is 42.4 Å². The molecular weight excluding hydrogens is 198 g/mol. The third kappa shape index (κ3) is 2.22. The summed E-state index contributed by atoms with van der Waals surface area (Å²) < 4.78 is 5.49. The molecule has 0 radical (unpaired) electrons. The van der Waals surface area contributed by atoms with Crippen molar-refractivity contribution in [1.29, 1.82) is 0 Å². The molecule has 2 N–H and O–H groups in total. The first-order valence-electron chi connectivity index (χ1n) is 6.03. The fourth-order valence-electron chi connectivity index (χ4n) is 2.33. The van der Waals surface area contributed by atoms with Crippen LogP contribution in [0.3, 0.4) is 0 Å². The Hall–Kier alpha value is -1.02. The summed E-state index contributed by atoms with van der Waals surface area (Å²) >= 11 is 0. The highest BCUT2D eigenvalue weighted by Crippen LogP contribution is 2.57. The molecule has 0 saturated heterocycles. The lowest BCUT2D eigenvalue weighted by atomic mass is 9.98. The van der Waals surface area contributed by atoms with E-state index in [1.807, 2.05) is 19.1 Å². The van der Waals surface area contributed by atoms with Crippen molar-refractivity contribution in [3.8, 4) is 5.75 Å². The molecule has 2 heteroatoms. The molecule has 0 heterocycles. The zero-order valence-electron chi connectivity index (χ0n) is 10.4. The molecule has 2 rings (SSSR count). The third-order valence-electron chi connectivity index (χ3n) is 3.58. The van der Waals surface area contributed by atoms with E-state index in [2.05, 4.69) is 26.0 Å². The standard InChI is InChI=1S/C14H21NO/c1-4-16-11-7-5-6-10(8-11)13(15)12-9-14(12,2)3/h5-8,12-13H,4,9,15H2,1-3H3. The van der Waals surface area contributed by atoms with Gasteiger partial charge in [-0.1, -0.05) is 26.0 Å². The fourth-order valence-corrected chi connectivity index (χ4v) is 2.33. The summed E-state index contributed by atoms with van der Waals surface area (Å²) in [4.78, 5) is 0. The van der Waals surface area contributed by atoms with Gasteiger partial charge in [0.25, 0.3) is 0 Å². The number of hydrogen-bond donors (Lipinski definition) is 1. The van der Waals surface area contributed by atoms with Crippen LogP contribution in [0.2, 0.25) is 0 Å². The smallest absolute Gasteiger partial charge is 0.119 e. The van der Waals surface area contributed by atoms with Gasteiger partial charge < -0.3 is 10.5 Å². The number of ether oxygens (including phenoxy) is 1. The van der Waals surface area contributed by atoms with E-state index in [0.29, 0.717) is 17.9 Å². The van der Waals surface area contributed by atoms with Crippen LogP contribution in [0.1, 0.15) is 38.8 Å². The summed E-state index contributed by atoms with van der Waals surface area (Å²) in [6.07, 6.45) is 1.23. The maximum absolute atomic E-state index is 6.29. The van der Waals surface area contributed by atoms with Crippen molar-refractivity contribution in [2.75, 3.05) is 6.61 Å². The minimum atomic E-state index is 0.149. The van der Waals surface area contributed by atoms with Gasteiger partial charge >= 0.3 is 0 Å². The fraction of sp³-hybridized carbons (Fsp3) is 0.571. The highest BCUT2D eigenvalue weighted by Gasteiger charge is 2.49. The summed E-state index contributed by atoms with van der Waals surface area (Å²) in [7, 11) is 0. The first-order chi connectivity index (χ1) is 7.54. The second-order valence-electron chi connectivity index (χ2n) is 5.33. The Morgan fingerprint density at radius 1 is 1.50 bits per heavy atom. The third-order valence-corrected chi connectivity index (χ3v) is 3.58. The Labute approximate surface area is 97.8 Å². The molecule has 0 bridgehead atoms. The zero-order chi connectivity index (χ0) is 11.8. The predicted molar refractivity (Wildman–Crippen MR) is 66.4 cm³/mol. The molecule has 2 nitrogen and oxygen atoms in total. The average Bonchev–Trinajstić information content (AvgIpc) is 2.88. The molecule has 16 heavy (non-hydrogen) atoms. The van der Waals surface area contributed by atoms with Crippen LogP contribution in [-0.2, 0) is 0 Å². The van der Waals surface area contributed by atoms with Gasteiger partial charge in [0.2, 0.25) is 0 Å². The highest BCUT2D eigenvalue weighted by atomic mass is 16.5. The van der Waals surface area contributed by atoms with Crippen molar-refractivity contribution in [3.63, 3.8) is 0 Å². The first-order valence-corrected chi connectivity index (χ1v) is 6.03. The lowest BCUT2D eigenvalue weighted by molar-refractivity contribution is 0.339. The molecule has 2 unspecified atom stereocenters. The van der Waals surface area contributed by atoms with E-state index in [-0.39, 0.29) is 6.04 Å². The van der Waals surface area contributed by atoms with Gasteiger partial charge in [-0.2, -0.15) is 0 Å². The zero-order valence-corrected chi connectivity index (χ0v) is 10.4. The van der Waals surface area contributed by atoms with E-state index in [0.717, 1.165) is 5.75 Å². The lowest BCUT2D eigenvalue weighted by Crippen LogP contribution is -2.15. The molecular formula is C14H21NO. The predicted octanol–water partition coefficient (Wildman–Crippen LogP) is 3.13. The van der Waals surface area contributed by atoms with Gasteiger partial charge in [0, 0.05) is 6.04 Å². The van der Waals surface area contributed by atoms with Gasteiger partial charge in [-0.3, -0.25) is 0 Å². The van der Waals surface area contributed by atoms with Crippen LogP contribution in [0.4, 0.5) is 0 Å². The van der Waals surface area contributed by atoms with Crippen molar-refractivity contribution >= 4 is 0 Å². The van der Waals surface area contributed by atoms with Gasteiger partial charge in [-0.25, -0.2) is 0 Å². The maximum Gasteiger partial charge on any atom is 0.119 e. The normalized spacial score (nSPS) is 23.9. The molecule has 0 aliphatic heterocycles. The van der Waals surface area contributed by atoms with Crippen molar-refractivity contribution in [2.24, 2.45) is 17.1 Å². The van der Waals surface area contributed by atoms with Crippen molar-refractivity contribution in [1.82, 2.24) is 0 Å². The van der Waals surface area contributed by atoms with Crippen molar-refractivity contribution in [2.45, 2.75) is 33.2 Å². The van der Waals surface area contributed by atoms with Crippen molar-refractivity contribution in [3.05, 3.63) is 29.8 Å². The second kappa shape index (κ2) is 4.10. The number of benzene rings is 1. The van der Waals surface area contributed by atoms with E-state index >= 15 is 0 Å². The van der Waals surface area contributed by atoms with Crippen LogP contribution >= 0.6 is 0 Å². The van der Waals surface area contributed by atoms with Gasteiger partial charge in [-0.15, -0.1) is 0 Å². The molecule has 1 fully saturated rings. The van der Waals surface area contributed by atoms with Crippen LogP contribution in [0.25, 0.3) is 0 Å². The monoisotopic (exact) mass is 219 g/mol. The number of hydrogen-bond acceptors (Lipinski definition) is 2. The Morgan fingerprint density at radius 3 is 2.75 bits per heavy atom. The molecule has 1 aliphatic rings. The van der Waals surface area contributed by atoms with Gasteiger partial charge in [0.15, 0.2) is 0 Å². The molecule has 1 aliphatic carbocycles. The molecule has 0 amide bonds. The lowest BCUT2D eigenvalue weighted by Gasteiger charge is -2.15.